The summed E-state index contributed by atoms with van der Waals surface area (Å²) in [6.07, 6.45) is 5.71. The van der Waals surface area contributed by atoms with Crippen LogP contribution >= 0.6 is 11.6 Å². The van der Waals surface area contributed by atoms with Gasteiger partial charge < -0.3 is 14.5 Å². The Hall–Kier alpha value is -4.31. The van der Waals surface area contributed by atoms with Crippen LogP contribution in [0.1, 0.15) is 55.5 Å². The van der Waals surface area contributed by atoms with Gasteiger partial charge in [0.25, 0.3) is 0 Å². The first-order valence-corrected chi connectivity index (χ1v) is 15.6. The van der Waals surface area contributed by atoms with Crippen LogP contribution in [0.4, 0.5) is 14.6 Å². The minimum Gasteiger partial charge on any atom is -0.486 e. The lowest BCUT2D eigenvalue weighted by Crippen LogP contribution is -2.54. The number of pyridine rings is 1. The molecule has 1 saturated heterocycles. The summed E-state index contributed by atoms with van der Waals surface area (Å²) in [6, 6.07) is 4.02. The number of rotatable bonds is 4. The highest BCUT2D eigenvalue weighted by Crippen LogP contribution is 2.50. The normalized spacial score (nSPS) is 17.3. The lowest BCUT2D eigenvalue weighted by atomic mass is 9.94. The molecule has 0 saturated carbocycles. The van der Waals surface area contributed by atoms with Crippen molar-refractivity contribution in [2.75, 3.05) is 24.5 Å². The molecule has 0 unspecified atom stereocenters. The van der Waals surface area contributed by atoms with Crippen molar-refractivity contribution < 1.29 is 18.3 Å². The highest BCUT2D eigenvalue weighted by atomic mass is 35.5. The van der Waals surface area contributed by atoms with E-state index in [4.69, 9.17) is 21.3 Å². The Morgan fingerprint density at radius 2 is 1.98 bits per heavy atom. The van der Waals surface area contributed by atoms with E-state index in [0.717, 1.165) is 42.1 Å². The van der Waals surface area contributed by atoms with Crippen molar-refractivity contribution in [1.82, 2.24) is 19.4 Å². The van der Waals surface area contributed by atoms with E-state index < -0.39 is 17.3 Å². The number of aryl methyl sites for hydroxylation is 1. The van der Waals surface area contributed by atoms with Crippen LogP contribution in [-0.4, -0.2) is 51.0 Å². The maximum atomic E-state index is 15.5. The summed E-state index contributed by atoms with van der Waals surface area (Å²) in [5.41, 5.74) is 3.97. The van der Waals surface area contributed by atoms with Gasteiger partial charge in [0.15, 0.2) is 17.4 Å². The van der Waals surface area contributed by atoms with Crippen molar-refractivity contribution in [3.05, 3.63) is 86.6 Å². The van der Waals surface area contributed by atoms with Gasteiger partial charge in [-0.15, -0.1) is 0 Å². The van der Waals surface area contributed by atoms with Crippen LogP contribution in [0.5, 0.6) is 5.75 Å². The number of nitrogens with zero attached hydrogens (tertiary/aromatic N) is 5. The molecule has 1 aliphatic carbocycles. The molecule has 0 spiro atoms. The van der Waals surface area contributed by atoms with E-state index in [9.17, 15) is 14.0 Å². The maximum absolute atomic E-state index is 15.5. The molecule has 11 heteroatoms. The van der Waals surface area contributed by atoms with E-state index in [1.54, 1.807) is 15.5 Å². The topological polar surface area (TPSA) is 80.6 Å². The first kappa shape index (κ1) is 29.4. The third-order valence-electron chi connectivity index (χ3n) is 9.17. The number of ether oxygens (including phenoxy) is 1. The summed E-state index contributed by atoms with van der Waals surface area (Å²) in [5, 5.41) is 0.670. The number of halogens is 3. The molecular weight excluding hydrogens is 600 g/mol. The molecular formula is C34H32ClF2N5O3. The molecule has 0 N–H and O–H groups in total. The molecule has 4 heterocycles. The quantitative estimate of drug-likeness (QED) is 0.253. The first-order chi connectivity index (χ1) is 21.6. The lowest BCUT2D eigenvalue weighted by Gasteiger charge is -2.40. The predicted octanol–water partition coefficient (Wildman–Crippen LogP) is 6.11. The van der Waals surface area contributed by atoms with Crippen molar-refractivity contribution in [2.24, 2.45) is 0 Å². The number of benzene rings is 2. The zero-order valence-electron chi connectivity index (χ0n) is 25.3. The smallest absolute Gasteiger partial charge is 0.354 e. The van der Waals surface area contributed by atoms with Crippen LogP contribution in [-0.2, 0) is 24.2 Å². The molecule has 1 fully saturated rings. The van der Waals surface area contributed by atoms with Gasteiger partial charge in [0, 0.05) is 53.9 Å². The minimum atomic E-state index is -1.02. The largest absolute Gasteiger partial charge is 0.486 e. The Balaban J connectivity index is 1.58. The van der Waals surface area contributed by atoms with Crippen molar-refractivity contribution in [3.8, 4) is 22.6 Å². The summed E-state index contributed by atoms with van der Waals surface area (Å²) < 4.78 is 38.0. The van der Waals surface area contributed by atoms with Crippen molar-refractivity contribution in [1.29, 1.82) is 0 Å². The average molecular weight is 632 g/mol. The van der Waals surface area contributed by atoms with Gasteiger partial charge in [-0.1, -0.05) is 38.1 Å². The number of aromatic nitrogens is 3. The van der Waals surface area contributed by atoms with Gasteiger partial charge in [-0.25, -0.2) is 13.6 Å². The maximum Gasteiger partial charge on any atom is 0.354 e. The average Bonchev–Trinajstić information content (AvgIpc) is 3.51. The number of anilines is 1. The molecule has 8 nitrogen and oxygen atoms in total. The number of hydrogen-bond donors (Lipinski definition) is 0. The zero-order chi connectivity index (χ0) is 31.7. The molecule has 4 aromatic rings. The molecule has 2 aromatic heterocycles. The second kappa shape index (κ2) is 10.9. The van der Waals surface area contributed by atoms with Crippen LogP contribution in [0.15, 0.2) is 41.8 Å². The van der Waals surface area contributed by atoms with E-state index in [2.05, 4.69) is 11.6 Å². The highest BCUT2D eigenvalue weighted by Gasteiger charge is 2.35. The number of amides is 1. The Labute approximate surface area is 263 Å². The number of hydrogen-bond acceptors (Lipinski definition) is 6. The molecule has 2 aliphatic heterocycles. The number of fused-ring (bicyclic) bond motifs is 6. The Kier molecular flexibility index (Phi) is 7.15. The first-order valence-electron chi connectivity index (χ1n) is 15.2. The van der Waals surface area contributed by atoms with E-state index in [-0.39, 0.29) is 46.4 Å². The number of carbonyl (C=O) groups is 1. The number of carbonyl (C=O) groups excluding carboxylic acids is 1. The summed E-state index contributed by atoms with van der Waals surface area (Å²) >= 11 is 6.94. The fourth-order valence-electron chi connectivity index (χ4n) is 7.05. The fraction of sp³-hybridized carbons (Fsp3) is 0.353. The Morgan fingerprint density at radius 3 is 2.71 bits per heavy atom. The molecule has 1 atom stereocenters. The molecule has 232 valence electrons. The van der Waals surface area contributed by atoms with E-state index >= 15 is 4.39 Å². The Bertz CT molecular complexity index is 1990. The molecule has 7 rings (SSSR count). The van der Waals surface area contributed by atoms with E-state index in [1.165, 1.54) is 12.1 Å². The van der Waals surface area contributed by atoms with Gasteiger partial charge in [0.2, 0.25) is 5.91 Å². The van der Waals surface area contributed by atoms with Crippen LogP contribution in [0.2, 0.25) is 5.02 Å². The molecule has 0 bridgehead atoms. The van der Waals surface area contributed by atoms with E-state index in [1.807, 2.05) is 31.9 Å². The molecule has 45 heavy (non-hydrogen) atoms. The monoisotopic (exact) mass is 631 g/mol. The van der Waals surface area contributed by atoms with Crippen LogP contribution in [0, 0.1) is 11.6 Å². The SMILES string of the molecule is C=CC(=O)N1CCN(c2nc(=O)n(-c3c(C(C)C)ncc4c3CCC4)c3c4c(c(Cl)cc23)-c2c(ccc(F)c2F)CO4)[C@@H](C)C1. The summed E-state index contributed by atoms with van der Waals surface area (Å²) in [5.74, 6) is -1.65. The third-order valence-corrected chi connectivity index (χ3v) is 9.47. The predicted molar refractivity (Wildman–Crippen MR) is 170 cm³/mol. The van der Waals surface area contributed by atoms with Gasteiger partial charge in [-0.2, -0.15) is 4.98 Å². The zero-order valence-corrected chi connectivity index (χ0v) is 26.0. The van der Waals surface area contributed by atoms with Gasteiger partial charge in [-0.3, -0.25) is 14.3 Å². The van der Waals surface area contributed by atoms with E-state index in [0.29, 0.717) is 47.6 Å². The van der Waals surface area contributed by atoms with Crippen LogP contribution in [0.25, 0.3) is 27.7 Å². The standard InChI is InChI=1S/C34H32ClF2N5O3/c1-5-25(43)40-11-12-41(18(4)15-40)33-22-13-23(35)27-26-20(9-10-24(36)28(26)37)16-45-32(27)31(22)42(34(44)39-33)30-21-8-6-7-19(21)14-38-29(30)17(2)3/h5,9-10,13-14,17-18H,1,6-8,11-12,15-16H2,2-4H3/t18-/m0/s1. The Morgan fingerprint density at radius 1 is 1.18 bits per heavy atom. The van der Waals surface area contributed by atoms with Gasteiger partial charge >= 0.3 is 5.69 Å². The van der Waals surface area contributed by atoms with Crippen LogP contribution < -0.4 is 15.3 Å². The highest BCUT2D eigenvalue weighted by molar-refractivity contribution is 6.35. The fourth-order valence-corrected chi connectivity index (χ4v) is 7.34. The minimum absolute atomic E-state index is 0.0194. The molecule has 1 amide bonds. The second-order valence-corrected chi connectivity index (χ2v) is 12.6. The molecule has 0 radical (unpaired) electrons. The third kappa shape index (κ3) is 4.52. The summed E-state index contributed by atoms with van der Waals surface area (Å²) in [6.45, 7) is 10.8. The lowest BCUT2D eigenvalue weighted by molar-refractivity contribution is -0.126. The molecule has 3 aliphatic rings. The van der Waals surface area contributed by atoms with Crippen molar-refractivity contribution >= 4 is 34.2 Å². The second-order valence-electron chi connectivity index (χ2n) is 12.2. The van der Waals surface area contributed by atoms with Crippen LogP contribution in [0.3, 0.4) is 0 Å². The van der Waals surface area contributed by atoms with Gasteiger partial charge in [0.05, 0.1) is 16.4 Å². The van der Waals surface area contributed by atoms with Gasteiger partial charge in [0.1, 0.15) is 17.9 Å². The van der Waals surface area contributed by atoms with Crippen molar-refractivity contribution in [3.63, 3.8) is 0 Å². The van der Waals surface area contributed by atoms with Gasteiger partial charge in [-0.05, 0) is 61.4 Å². The van der Waals surface area contributed by atoms with Crippen molar-refractivity contribution in [2.45, 2.75) is 58.6 Å². The number of piperazine rings is 1. The molecule has 2 aromatic carbocycles. The summed E-state index contributed by atoms with van der Waals surface area (Å²) in [7, 11) is 0. The summed E-state index contributed by atoms with van der Waals surface area (Å²) in [4.78, 5) is 40.0.